The minimum Gasteiger partial charge on any atom is -0.494 e. The first-order valence-corrected chi connectivity index (χ1v) is 16.7. The molecule has 6 aromatic rings. The van der Waals surface area contributed by atoms with Crippen molar-refractivity contribution in [3.63, 3.8) is 0 Å². The van der Waals surface area contributed by atoms with Crippen molar-refractivity contribution in [2.24, 2.45) is 11.5 Å². The van der Waals surface area contributed by atoms with E-state index in [0.717, 1.165) is 0 Å². The van der Waals surface area contributed by atoms with E-state index in [1.807, 2.05) is 0 Å². The summed E-state index contributed by atoms with van der Waals surface area (Å²) in [7, 11) is 1.42. The van der Waals surface area contributed by atoms with E-state index in [-0.39, 0.29) is 77.7 Å². The van der Waals surface area contributed by atoms with Gasteiger partial charge in [0.25, 0.3) is 11.8 Å². The number of anilines is 2. The zero-order valence-corrected chi connectivity index (χ0v) is 30.4. The Balaban J connectivity index is 1.41. The number of nitrogens with one attached hydrogen (secondary N) is 2. The first-order chi connectivity index (χ1) is 26.3. The lowest BCUT2D eigenvalue weighted by Gasteiger charge is -2.12. The standard InChI is InChI=1S/C36H36N10O9/c1-17-29(54-19(3)39-17)33(50)43-35-41-23-13-21(31(37)48)15-25(52-5)27(23)45(35)9-6-7-10-46-28-24(14-22(32(38)49)16-26(28)53-12-8-11-47)42-36(46)44-34(51)30-18(2)40-20(4)55-30/h6-7,11,13-16H,8-10,12H2,1-5H3,(H2,37,48)(H2,38,49)(H,41,43,50)(H,42,44,51)/b7-6+. The number of allylic oxidation sites excluding steroid dienone is 2. The Morgan fingerprint density at radius 1 is 0.727 bits per heavy atom. The number of methoxy groups -OCH3 is 1. The fraction of sp³-hybridized carbons (Fsp3) is 0.250. The molecule has 0 saturated heterocycles. The zero-order valence-electron chi connectivity index (χ0n) is 30.4. The second-order valence-electron chi connectivity index (χ2n) is 12.2. The maximum atomic E-state index is 13.4. The van der Waals surface area contributed by atoms with Gasteiger partial charge in [0.15, 0.2) is 11.8 Å². The number of primary amides is 2. The molecule has 0 radical (unpaired) electrons. The van der Waals surface area contributed by atoms with Gasteiger partial charge in [-0.05, 0) is 38.1 Å². The van der Waals surface area contributed by atoms with E-state index >= 15 is 0 Å². The van der Waals surface area contributed by atoms with Crippen LogP contribution in [-0.4, -0.2) is 72.7 Å². The zero-order chi connectivity index (χ0) is 39.6. The molecule has 0 bridgehead atoms. The number of ether oxygens (including phenoxy) is 2. The van der Waals surface area contributed by atoms with Crippen molar-refractivity contribution >= 4 is 63.9 Å². The number of carbonyl (C=O) groups is 5. The molecule has 0 spiro atoms. The Bertz CT molecular complexity index is 2540. The molecular formula is C36H36N10O9. The summed E-state index contributed by atoms with van der Waals surface area (Å²) in [5.41, 5.74) is 13.6. The number of hydrogen-bond donors (Lipinski definition) is 4. The summed E-state index contributed by atoms with van der Waals surface area (Å²) in [5.74, 6) is -1.44. The third-order valence-electron chi connectivity index (χ3n) is 8.31. The van der Waals surface area contributed by atoms with E-state index in [1.54, 1.807) is 49.0 Å². The molecule has 4 aromatic heterocycles. The highest BCUT2D eigenvalue weighted by atomic mass is 16.5. The van der Waals surface area contributed by atoms with Crippen LogP contribution in [0, 0.1) is 27.7 Å². The van der Waals surface area contributed by atoms with E-state index in [4.69, 9.17) is 29.8 Å². The lowest BCUT2D eigenvalue weighted by Crippen LogP contribution is -2.17. The number of aromatic nitrogens is 6. The fourth-order valence-electron chi connectivity index (χ4n) is 5.93. The maximum absolute atomic E-state index is 13.4. The molecule has 6 N–H and O–H groups in total. The first kappa shape index (κ1) is 37.4. The Morgan fingerprint density at radius 3 is 1.58 bits per heavy atom. The quantitative estimate of drug-likeness (QED) is 0.0665. The number of amides is 4. The average molecular weight is 753 g/mol. The van der Waals surface area contributed by atoms with Gasteiger partial charge in [-0.25, -0.2) is 19.9 Å². The number of nitrogens with zero attached hydrogens (tertiary/aromatic N) is 6. The van der Waals surface area contributed by atoms with E-state index in [9.17, 15) is 24.0 Å². The molecule has 0 unspecified atom stereocenters. The monoisotopic (exact) mass is 752 g/mol. The van der Waals surface area contributed by atoms with Gasteiger partial charge in [0.05, 0.1) is 36.1 Å². The number of carbonyl (C=O) groups excluding carboxylic acids is 5. The van der Waals surface area contributed by atoms with Crippen LogP contribution in [0.2, 0.25) is 0 Å². The molecule has 0 atom stereocenters. The highest BCUT2D eigenvalue weighted by Gasteiger charge is 2.24. The van der Waals surface area contributed by atoms with Crippen LogP contribution in [0.4, 0.5) is 11.9 Å². The molecule has 0 fully saturated rings. The van der Waals surface area contributed by atoms with Crippen LogP contribution in [0.5, 0.6) is 11.5 Å². The predicted octanol–water partition coefficient (Wildman–Crippen LogP) is 3.53. The number of benzene rings is 2. The lowest BCUT2D eigenvalue weighted by molar-refractivity contribution is -0.108. The molecule has 19 heteroatoms. The molecule has 2 aromatic carbocycles. The van der Waals surface area contributed by atoms with Crippen molar-refractivity contribution in [1.82, 2.24) is 29.1 Å². The largest absolute Gasteiger partial charge is 0.494 e. The minimum absolute atomic E-state index is 0.000608. The summed E-state index contributed by atoms with van der Waals surface area (Å²) in [5, 5.41) is 5.53. The van der Waals surface area contributed by atoms with Crippen molar-refractivity contribution in [2.45, 2.75) is 47.2 Å². The number of aryl methyl sites for hydroxylation is 4. The minimum atomic E-state index is -0.739. The summed E-state index contributed by atoms with van der Waals surface area (Å²) in [6, 6.07) is 5.85. The normalized spacial score (nSPS) is 11.4. The number of fused-ring (bicyclic) bond motifs is 2. The summed E-state index contributed by atoms with van der Waals surface area (Å²) in [6.07, 6.45) is 4.27. The van der Waals surface area contributed by atoms with Crippen LogP contribution < -0.4 is 31.6 Å². The molecule has 0 aliphatic rings. The van der Waals surface area contributed by atoms with Gasteiger partial charge < -0.3 is 43.7 Å². The number of aldehydes is 1. The van der Waals surface area contributed by atoms with Gasteiger partial charge in [-0.2, -0.15) is 0 Å². The molecule has 284 valence electrons. The molecular weight excluding hydrogens is 716 g/mol. The van der Waals surface area contributed by atoms with Crippen LogP contribution >= 0.6 is 0 Å². The van der Waals surface area contributed by atoms with E-state index in [0.29, 0.717) is 46.0 Å². The van der Waals surface area contributed by atoms with Gasteiger partial charge in [0.1, 0.15) is 28.8 Å². The third kappa shape index (κ3) is 7.61. The van der Waals surface area contributed by atoms with Crippen LogP contribution in [0.1, 0.15) is 71.4 Å². The van der Waals surface area contributed by atoms with Crippen molar-refractivity contribution in [2.75, 3.05) is 24.4 Å². The summed E-state index contributed by atoms with van der Waals surface area (Å²) >= 11 is 0. The Hall–Kier alpha value is -7.31. The van der Waals surface area contributed by atoms with Gasteiger partial charge in [-0.3, -0.25) is 29.8 Å². The second-order valence-corrected chi connectivity index (χ2v) is 12.2. The molecule has 0 aliphatic heterocycles. The Morgan fingerprint density at radius 2 is 1.18 bits per heavy atom. The van der Waals surface area contributed by atoms with Crippen LogP contribution in [0.3, 0.4) is 0 Å². The Kier molecular flexibility index (Phi) is 10.4. The van der Waals surface area contributed by atoms with Crippen molar-refractivity contribution in [1.29, 1.82) is 0 Å². The van der Waals surface area contributed by atoms with Crippen molar-refractivity contribution in [3.8, 4) is 11.5 Å². The SMILES string of the molecule is COc1cc(C(N)=O)cc2nc(NC(=O)c3oc(C)nc3C)n(C/C=C/Cn3c(NC(=O)c4oc(C)nc4C)nc4cc(C(N)=O)cc(OCCC=O)c43)c12. The van der Waals surface area contributed by atoms with Gasteiger partial charge in [0.2, 0.25) is 35.2 Å². The molecule has 19 nitrogen and oxygen atoms in total. The lowest BCUT2D eigenvalue weighted by atomic mass is 10.1. The highest BCUT2D eigenvalue weighted by Crippen LogP contribution is 2.33. The van der Waals surface area contributed by atoms with E-state index in [1.165, 1.54) is 31.4 Å². The van der Waals surface area contributed by atoms with E-state index < -0.39 is 23.6 Å². The molecule has 0 saturated carbocycles. The third-order valence-corrected chi connectivity index (χ3v) is 8.31. The van der Waals surface area contributed by atoms with Crippen LogP contribution in [0.15, 0.2) is 45.3 Å². The van der Waals surface area contributed by atoms with E-state index in [2.05, 4.69) is 30.6 Å². The number of nitrogens with two attached hydrogens (primary N) is 2. The Labute approximate surface area is 311 Å². The number of hydrogen-bond acceptors (Lipinski definition) is 13. The maximum Gasteiger partial charge on any atom is 0.295 e. The summed E-state index contributed by atoms with van der Waals surface area (Å²) in [6.45, 7) is 6.67. The van der Waals surface area contributed by atoms with Crippen molar-refractivity contribution < 1.29 is 42.3 Å². The average Bonchev–Trinajstić information content (AvgIpc) is 3.87. The predicted molar refractivity (Wildman–Crippen MR) is 196 cm³/mol. The van der Waals surface area contributed by atoms with Gasteiger partial charge in [-0.15, -0.1) is 0 Å². The molecule has 4 amide bonds. The summed E-state index contributed by atoms with van der Waals surface area (Å²) < 4.78 is 25.8. The van der Waals surface area contributed by atoms with Gasteiger partial charge in [-0.1, -0.05) is 12.2 Å². The topological polar surface area (TPSA) is 268 Å². The van der Waals surface area contributed by atoms with Crippen molar-refractivity contribution in [3.05, 3.63) is 82.2 Å². The van der Waals surface area contributed by atoms with Gasteiger partial charge >= 0.3 is 0 Å². The highest BCUT2D eigenvalue weighted by molar-refractivity contribution is 6.05. The summed E-state index contributed by atoms with van der Waals surface area (Å²) in [4.78, 5) is 79.6. The molecule has 6 rings (SSSR count). The number of rotatable bonds is 15. The van der Waals surface area contributed by atoms with Gasteiger partial charge in [0, 0.05) is 44.5 Å². The molecule has 55 heavy (non-hydrogen) atoms. The van der Waals surface area contributed by atoms with Crippen LogP contribution in [-0.2, 0) is 17.9 Å². The first-order valence-electron chi connectivity index (χ1n) is 16.7. The smallest absolute Gasteiger partial charge is 0.295 e. The number of imidazole rings is 2. The number of oxazole rings is 2. The fourth-order valence-corrected chi connectivity index (χ4v) is 5.93. The van der Waals surface area contributed by atoms with Crippen LogP contribution in [0.25, 0.3) is 22.1 Å². The molecule has 0 aliphatic carbocycles. The second kappa shape index (κ2) is 15.3. The molecule has 4 heterocycles.